The van der Waals surface area contributed by atoms with E-state index in [1.54, 1.807) is 0 Å². The van der Waals surface area contributed by atoms with Crippen LogP contribution in [0.15, 0.2) is 54.6 Å². The summed E-state index contributed by atoms with van der Waals surface area (Å²) < 4.78 is 12.6. The summed E-state index contributed by atoms with van der Waals surface area (Å²) in [5, 5.41) is 2.95. The summed E-state index contributed by atoms with van der Waals surface area (Å²) in [6, 6.07) is 19.3. The Morgan fingerprint density at radius 3 is 2.39 bits per heavy atom. The Labute approximate surface area is 165 Å². The minimum Gasteiger partial charge on any atom is -0.446 e. The van der Waals surface area contributed by atoms with Gasteiger partial charge in [-0.25, -0.2) is 4.79 Å². The van der Waals surface area contributed by atoms with Crippen LogP contribution in [-0.2, 0) is 16.0 Å². The number of epoxide rings is 1. The van der Waals surface area contributed by atoms with Crippen LogP contribution in [-0.4, -0.2) is 55.1 Å². The Bertz CT molecular complexity index is 862. The molecule has 4 unspecified atom stereocenters. The van der Waals surface area contributed by atoms with Gasteiger partial charge in [-0.05, 0) is 16.7 Å². The number of quaternary nitrogens is 1. The van der Waals surface area contributed by atoms with E-state index in [4.69, 9.17) is 9.47 Å². The van der Waals surface area contributed by atoms with E-state index in [0.29, 0.717) is 30.8 Å². The molecule has 3 aliphatic heterocycles. The number of likely N-dealkylation sites (N-methyl/N-ethyl adjacent to an activating group) is 1. The molecule has 0 aromatic heterocycles. The van der Waals surface area contributed by atoms with Crippen LogP contribution in [0.2, 0.25) is 0 Å². The van der Waals surface area contributed by atoms with Crippen molar-refractivity contribution < 1.29 is 18.8 Å². The quantitative estimate of drug-likeness (QED) is 0.655. The fourth-order valence-electron chi connectivity index (χ4n) is 5.24. The van der Waals surface area contributed by atoms with Gasteiger partial charge in [0.2, 0.25) is 0 Å². The Kier molecular flexibility index (Phi) is 4.18. The Hall–Kier alpha value is -2.37. The molecule has 0 radical (unpaired) electrons. The summed E-state index contributed by atoms with van der Waals surface area (Å²) in [5.41, 5.74) is 3.37. The van der Waals surface area contributed by atoms with Gasteiger partial charge in [-0.2, -0.15) is 0 Å². The lowest BCUT2D eigenvalue weighted by Gasteiger charge is -2.45. The Balaban J connectivity index is 1.21. The topological polar surface area (TPSA) is 50.9 Å². The number of carbonyl (C=O) groups is 1. The second-order valence-electron chi connectivity index (χ2n) is 8.70. The van der Waals surface area contributed by atoms with Gasteiger partial charge in [0, 0.05) is 19.4 Å². The molecule has 0 saturated carbocycles. The van der Waals surface area contributed by atoms with Gasteiger partial charge in [-0.15, -0.1) is 0 Å². The van der Waals surface area contributed by atoms with Crippen molar-refractivity contribution in [1.82, 2.24) is 5.32 Å². The van der Waals surface area contributed by atoms with E-state index in [1.165, 1.54) is 0 Å². The van der Waals surface area contributed by atoms with Gasteiger partial charge in [0.15, 0.2) is 0 Å². The normalized spacial score (nSPS) is 31.7. The van der Waals surface area contributed by atoms with E-state index in [1.807, 2.05) is 36.4 Å². The number of ether oxygens (including phenoxy) is 2. The molecule has 2 aromatic rings. The number of nitrogens with zero attached hydrogens (tertiary/aromatic N) is 1. The van der Waals surface area contributed by atoms with Crippen LogP contribution in [0.3, 0.4) is 0 Å². The minimum atomic E-state index is -0.325. The van der Waals surface area contributed by atoms with Crippen LogP contribution in [0.25, 0.3) is 11.1 Å². The number of alkyl carbamates (subject to hydrolysis) is 1. The van der Waals surface area contributed by atoms with E-state index >= 15 is 0 Å². The molecule has 0 spiro atoms. The molecule has 3 heterocycles. The van der Waals surface area contributed by atoms with E-state index in [2.05, 4.69) is 37.6 Å². The predicted octanol–water partition coefficient (Wildman–Crippen LogP) is 3.34. The number of piperidine rings is 1. The average Bonchev–Trinajstić information content (AvgIpc) is 3.46. The molecule has 146 valence electrons. The standard InChI is InChI=1S/C23H26N2O3/c1-25(2)19-12-17(13-20(25)22-21(19)28-22)27-23(26)24-14-16-10-6-7-11-18(16)15-8-4-3-5-9-15/h3-11,17,19-22H,12-14H2,1-2H3/p+1. The number of hydrogen-bond acceptors (Lipinski definition) is 3. The summed E-state index contributed by atoms with van der Waals surface area (Å²) >= 11 is 0. The molecule has 1 amide bonds. The predicted molar refractivity (Wildman–Crippen MR) is 107 cm³/mol. The van der Waals surface area contributed by atoms with Gasteiger partial charge in [0.25, 0.3) is 0 Å². The molecule has 3 saturated heterocycles. The van der Waals surface area contributed by atoms with Gasteiger partial charge in [0.05, 0.1) is 14.1 Å². The van der Waals surface area contributed by atoms with Crippen LogP contribution in [0.4, 0.5) is 4.79 Å². The van der Waals surface area contributed by atoms with Gasteiger partial charge in [-0.1, -0.05) is 54.6 Å². The SMILES string of the molecule is C[N+]1(C)C2CC(OC(=O)NCc3ccccc3-c3ccccc3)CC1C1OC12. The highest BCUT2D eigenvalue weighted by Crippen LogP contribution is 2.51. The zero-order valence-electron chi connectivity index (χ0n) is 16.4. The van der Waals surface area contributed by atoms with E-state index < -0.39 is 0 Å². The third-order valence-electron chi connectivity index (χ3n) is 6.84. The van der Waals surface area contributed by atoms with Crippen LogP contribution in [0.5, 0.6) is 0 Å². The number of amides is 1. The van der Waals surface area contributed by atoms with Crippen molar-refractivity contribution in [3.8, 4) is 11.1 Å². The average molecular weight is 379 g/mol. The summed E-state index contributed by atoms with van der Waals surface area (Å²) in [6.45, 7) is 0.458. The number of carbonyl (C=O) groups excluding carboxylic acids is 1. The molecule has 5 nitrogen and oxygen atoms in total. The van der Waals surface area contributed by atoms with Crippen LogP contribution in [0.1, 0.15) is 18.4 Å². The maximum absolute atomic E-state index is 12.5. The third-order valence-corrected chi connectivity index (χ3v) is 6.84. The highest BCUT2D eigenvalue weighted by molar-refractivity contribution is 5.70. The number of morpholine rings is 1. The van der Waals surface area contributed by atoms with E-state index in [9.17, 15) is 4.79 Å². The van der Waals surface area contributed by atoms with Crippen LogP contribution < -0.4 is 5.32 Å². The van der Waals surface area contributed by atoms with Crippen molar-refractivity contribution in [2.75, 3.05) is 14.1 Å². The summed E-state index contributed by atoms with van der Waals surface area (Å²) in [5.74, 6) is 0. The molecule has 28 heavy (non-hydrogen) atoms. The molecule has 3 aliphatic rings. The van der Waals surface area contributed by atoms with Crippen molar-refractivity contribution in [2.45, 2.75) is 49.8 Å². The zero-order chi connectivity index (χ0) is 19.3. The molecular weight excluding hydrogens is 352 g/mol. The van der Waals surface area contributed by atoms with Crippen molar-refractivity contribution in [2.24, 2.45) is 0 Å². The number of benzene rings is 2. The van der Waals surface area contributed by atoms with E-state index in [0.717, 1.165) is 34.0 Å². The fourth-order valence-corrected chi connectivity index (χ4v) is 5.24. The second-order valence-corrected chi connectivity index (χ2v) is 8.70. The maximum atomic E-state index is 12.5. The smallest absolute Gasteiger partial charge is 0.407 e. The van der Waals surface area contributed by atoms with E-state index in [-0.39, 0.29) is 12.2 Å². The van der Waals surface area contributed by atoms with Crippen molar-refractivity contribution in [3.05, 3.63) is 60.2 Å². The van der Waals surface area contributed by atoms with Gasteiger partial charge in [0.1, 0.15) is 30.4 Å². The molecule has 0 aliphatic carbocycles. The fraction of sp³-hybridized carbons (Fsp3) is 0.435. The maximum Gasteiger partial charge on any atom is 0.407 e. The lowest BCUT2D eigenvalue weighted by molar-refractivity contribution is -0.938. The lowest BCUT2D eigenvalue weighted by atomic mass is 9.96. The molecule has 5 heteroatoms. The Morgan fingerprint density at radius 1 is 1.04 bits per heavy atom. The molecule has 3 fully saturated rings. The molecular formula is C23H27N2O3+. The second kappa shape index (κ2) is 6.61. The third kappa shape index (κ3) is 2.99. The molecule has 2 aromatic carbocycles. The first-order chi connectivity index (χ1) is 13.5. The lowest BCUT2D eigenvalue weighted by Crippen LogP contribution is -2.60. The van der Waals surface area contributed by atoms with Gasteiger partial charge in [-0.3, -0.25) is 0 Å². The molecule has 5 rings (SSSR count). The first-order valence-electron chi connectivity index (χ1n) is 10.1. The monoisotopic (exact) mass is 379 g/mol. The molecule has 2 bridgehead atoms. The highest BCUT2D eigenvalue weighted by Gasteiger charge is 2.70. The Morgan fingerprint density at radius 2 is 1.68 bits per heavy atom. The summed E-state index contributed by atoms with van der Waals surface area (Å²) in [6.07, 6.45) is 2.18. The summed E-state index contributed by atoms with van der Waals surface area (Å²) in [4.78, 5) is 12.5. The van der Waals surface area contributed by atoms with Gasteiger partial charge >= 0.3 is 6.09 Å². The number of nitrogens with one attached hydrogen (secondary N) is 1. The van der Waals surface area contributed by atoms with Crippen LogP contribution in [0, 0.1) is 0 Å². The molecule has 1 N–H and O–H groups in total. The minimum absolute atomic E-state index is 0.0121. The van der Waals surface area contributed by atoms with Crippen molar-refractivity contribution in [1.29, 1.82) is 0 Å². The number of hydrogen-bond donors (Lipinski definition) is 1. The number of fused-ring (bicyclic) bond motifs is 5. The van der Waals surface area contributed by atoms with Crippen LogP contribution >= 0.6 is 0 Å². The van der Waals surface area contributed by atoms with Crippen molar-refractivity contribution >= 4 is 6.09 Å². The van der Waals surface area contributed by atoms with Gasteiger partial charge < -0.3 is 19.3 Å². The zero-order valence-corrected chi connectivity index (χ0v) is 16.4. The largest absolute Gasteiger partial charge is 0.446 e. The first kappa shape index (κ1) is 17.7. The highest BCUT2D eigenvalue weighted by atomic mass is 16.6. The first-order valence-corrected chi connectivity index (χ1v) is 10.1. The van der Waals surface area contributed by atoms with Crippen molar-refractivity contribution in [3.63, 3.8) is 0 Å². The molecule has 4 atom stereocenters. The number of rotatable bonds is 4. The summed E-state index contributed by atoms with van der Waals surface area (Å²) in [7, 11) is 4.56.